The Bertz CT molecular complexity index is 360. The Morgan fingerprint density at radius 3 is 2.78 bits per heavy atom. The van der Waals surface area contributed by atoms with E-state index < -0.39 is 0 Å². The molecule has 0 radical (unpaired) electrons. The summed E-state index contributed by atoms with van der Waals surface area (Å²) in [7, 11) is 0. The van der Waals surface area contributed by atoms with Gasteiger partial charge in [0.15, 0.2) is 0 Å². The van der Waals surface area contributed by atoms with Crippen LogP contribution < -0.4 is 10.6 Å². The molecule has 0 saturated carbocycles. The van der Waals surface area contributed by atoms with Crippen molar-refractivity contribution in [1.82, 2.24) is 9.97 Å². The fraction of sp³-hybridized carbons (Fsp3) is 0.667. The first-order valence-electron chi connectivity index (χ1n) is 6.25. The molecule has 1 heterocycles. The van der Waals surface area contributed by atoms with Crippen LogP contribution in [-0.4, -0.2) is 35.8 Å². The lowest BCUT2D eigenvalue weighted by molar-refractivity contribution is 0.0870. The van der Waals surface area contributed by atoms with Gasteiger partial charge < -0.3 is 15.4 Å². The van der Waals surface area contributed by atoms with E-state index in [1.54, 1.807) is 6.20 Å². The van der Waals surface area contributed by atoms with Crippen LogP contribution in [0.1, 0.15) is 27.2 Å². The average molecular weight is 317 g/mol. The fourth-order valence-corrected chi connectivity index (χ4v) is 1.61. The number of ether oxygens (including phenoxy) is 1. The highest BCUT2D eigenvalue weighted by atomic mass is 79.9. The van der Waals surface area contributed by atoms with Gasteiger partial charge in [-0.1, -0.05) is 6.92 Å². The zero-order chi connectivity index (χ0) is 13.4. The first-order chi connectivity index (χ1) is 8.63. The summed E-state index contributed by atoms with van der Waals surface area (Å²) < 4.78 is 6.32. The van der Waals surface area contributed by atoms with Crippen LogP contribution in [0.4, 0.5) is 11.8 Å². The van der Waals surface area contributed by atoms with Crippen LogP contribution in [0.15, 0.2) is 10.7 Å². The van der Waals surface area contributed by atoms with Crippen molar-refractivity contribution in [2.75, 3.05) is 30.3 Å². The van der Waals surface area contributed by atoms with Gasteiger partial charge in [-0.15, -0.1) is 0 Å². The lowest BCUT2D eigenvalue weighted by atomic mass is 10.5. The first kappa shape index (κ1) is 15.2. The molecule has 0 unspecified atom stereocenters. The molecule has 1 rings (SSSR count). The fourth-order valence-electron chi connectivity index (χ4n) is 1.28. The Morgan fingerprint density at radius 1 is 1.33 bits per heavy atom. The van der Waals surface area contributed by atoms with Gasteiger partial charge >= 0.3 is 0 Å². The van der Waals surface area contributed by atoms with E-state index >= 15 is 0 Å². The molecule has 2 N–H and O–H groups in total. The number of halogens is 1. The zero-order valence-corrected chi connectivity index (χ0v) is 12.7. The summed E-state index contributed by atoms with van der Waals surface area (Å²) in [6.45, 7) is 8.40. The van der Waals surface area contributed by atoms with E-state index in [0.717, 1.165) is 29.8 Å². The SMILES string of the molecule is CCCNc1ncc(Br)c(NCCOC(C)C)n1. The van der Waals surface area contributed by atoms with Crippen molar-refractivity contribution in [3.8, 4) is 0 Å². The molecule has 0 aromatic carbocycles. The molecule has 102 valence electrons. The van der Waals surface area contributed by atoms with Gasteiger partial charge in [0.2, 0.25) is 5.95 Å². The minimum absolute atomic E-state index is 0.252. The van der Waals surface area contributed by atoms with Crippen LogP contribution in [0, 0.1) is 0 Å². The third kappa shape index (κ3) is 5.64. The number of hydrogen-bond acceptors (Lipinski definition) is 5. The first-order valence-corrected chi connectivity index (χ1v) is 7.04. The third-order valence-corrected chi connectivity index (χ3v) is 2.70. The monoisotopic (exact) mass is 316 g/mol. The summed E-state index contributed by atoms with van der Waals surface area (Å²) in [6, 6.07) is 0. The van der Waals surface area contributed by atoms with Crippen LogP contribution in [0.2, 0.25) is 0 Å². The molecule has 0 aliphatic carbocycles. The molecular formula is C12H21BrN4O. The molecule has 0 aliphatic rings. The van der Waals surface area contributed by atoms with Gasteiger partial charge in [0.25, 0.3) is 0 Å². The van der Waals surface area contributed by atoms with Crippen LogP contribution >= 0.6 is 15.9 Å². The smallest absolute Gasteiger partial charge is 0.224 e. The van der Waals surface area contributed by atoms with Gasteiger partial charge in [-0.05, 0) is 36.2 Å². The molecule has 0 aliphatic heterocycles. The van der Waals surface area contributed by atoms with Crippen molar-refractivity contribution in [2.24, 2.45) is 0 Å². The molecule has 0 fully saturated rings. The standard InChI is InChI=1S/C12H21BrN4O/c1-4-5-15-12-16-8-10(13)11(17-12)14-6-7-18-9(2)3/h8-9H,4-7H2,1-3H3,(H2,14,15,16,17). The number of hydrogen-bond donors (Lipinski definition) is 2. The van der Waals surface area contributed by atoms with E-state index in [1.807, 2.05) is 13.8 Å². The van der Waals surface area contributed by atoms with Crippen molar-refractivity contribution in [3.05, 3.63) is 10.7 Å². The molecule has 1 aromatic heterocycles. The van der Waals surface area contributed by atoms with Crippen molar-refractivity contribution in [1.29, 1.82) is 0 Å². The van der Waals surface area contributed by atoms with Gasteiger partial charge in [-0.2, -0.15) is 4.98 Å². The predicted octanol–water partition coefficient (Wildman–Crippen LogP) is 2.90. The lowest BCUT2D eigenvalue weighted by Gasteiger charge is -2.11. The minimum atomic E-state index is 0.252. The molecule has 0 amide bonds. The topological polar surface area (TPSA) is 59.1 Å². The molecule has 0 bridgehead atoms. The molecule has 18 heavy (non-hydrogen) atoms. The molecule has 5 nitrogen and oxygen atoms in total. The number of anilines is 2. The molecule has 0 spiro atoms. The summed E-state index contributed by atoms with van der Waals surface area (Å²) in [5.74, 6) is 1.43. The van der Waals surface area contributed by atoms with Crippen LogP contribution in [-0.2, 0) is 4.74 Å². The van der Waals surface area contributed by atoms with Crippen LogP contribution in [0.5, 0.6) is 0 Å². The second kappa shape index (κ2) is 8.26. The number of rotatable bonds is 8. The van der Waals surface area contributed by atoms with E-state index in [0.29, 0.717) is 12.6 Å². The second-order valence-electron chi connectivity index (χ2n) is 4.16. The molecule has 1 aromatic rings. The van der Waals surface area contributed by atoms with E-state index in [1.165, 1.54) is 0 Å². The van der Waals surface area contributed by atoms with E-state index in [-0.39, 0.29) is 6.10 Å². The predicted molar refractivity (Wildman–Crippen MR) is 78.1 cm³/mol. The number of nitrogens with one attached hydrogen (secondary N) is 2. The van der Waals surface area contributed by atoms with Crippen LogP contribution in [0.3, 0.4) is 0 Å². The van der Waals surface area contributed by atoms with Crippen molar-refractivity contribution in [2.45, 2.75) is 33.3 Å². The van der Waals surface area contributed by atoms with Gasteiger partial charge in [-0.25, -0.2) is 4.98 Å². The highest BCUT2D eigenvalue weighted by Crippen LogP contribution is 2.19. The normalized spacial score (nSPS) is 10.7. The number of nitrogens with zero attached hydrogens (tertiary/aromatic N) is 2. The van der Waals surface area contributed by atoms with Crippen LogP contribution in [0.25, 0.3) is 0 Å². The third-order valence-electron chi connectivity index (χ3n) is 2.12. The Kier molecular flexibility index (Phi) is 6.97. The van der Waals surface area contributed by atoms with E-state index in [9.17, 15) is 0 Å². The van der Waals surface area contributed by atoms with E-state index in [2.05, 4.69) is 43.5 Å². The van der Waals surface area contributed by atoms with Gasteiger partial charge in [-0.3, -0.25) is 0 Å². The maximum absolute atomic E-state index is 5.46. The summed E-state index contributed by atoms with van der Waals surface area (Å²) in [5.41, 5.74) is 0. The van der Waals surface area contributed by atoms with Gasteiger partial charge in [0, 0.05) is 19.3 Å². The van der Waals surface area contributed by atoms with E-state index in [4.69, 9.17) is 4.74 Å². The Labute approximate surface area is 117 Å². The average Bonchev–Trinajstić information content (AvgIpc) is 2.34. The lowest BCUT2D eigenvalue weighted by Crippen LogP contribution is -2.15. The largest absolute Gasteiger partial charge is 0.377 e. The summed E-state index contributed by atoms with van der Waals surface area (Å²) in [5, 5.41) is 6.38. The highest BCUT2D eigenvalue weighted by molar-refractivity contribution is 9.10. The van der Waals surface area contributed by atoms with Gasteiger partial charge in [0.1, 0.15) is 5.82 Å². The summed E-state index contributed by atoms with van der Waals surface area (Å²) in [4.78, 5) is 8.58. The summed E-state index contributed by atoms with van der Waals surface area (Å²) >= 11 is 3.42. The minimum Gasteiger partial charge on any atom is -0.377 e. The second-order valence-corrected chi connectivity index (χ2v) is 5.02. The highest BCUT2D eigenvalue weighted by Gasteiger charge is 2.04. The molecular weight excluding hydrogens is 296 g/mol. The molecule has 0 atom stereocenters. The van der Waals surface area contributed by atoms with Crippen molar-refractivity contribution >= 4 is 27.7 Å². The Hall–Kier alpha value is -0.880. The molecule has 6 heteroatoms. The van der Waals surface area contributed by atoms with Crippen molar-refractivity contribution < 1.29 is 4.74 Å². The zero-order valence-electron chi connectivity index (χ0n) is 11.2. The Balaban J connectivity index is 2.47. The van der Waals surface area contributed by atoms with Gasteiger partial charge in [0.05, 0.1) is 17.2 Å². The number of aromatic nitrogens is 2. The maximum Gasteiger partial charge on any atom is 0.224 e. The van der Waals surface area contributed by atoms with Crippen molar-refractivity contribution in [3.63, 3.8) is 0 Å². The Morgan fingerprint density at radius 2 is 2.11 bits per heavy atom. The molecule has 0 saturated heterocycles. The summed E-state index contributed by atoms with van der Waals surface area (Å²) in [6.07, 6.45) is 3.04. The quantitative estimate of drug-likeness (QED) is 0.722. The maximum atomic E-state index is 5.46.